The summed E-state index contributed by atoms with van der Waals surface area (Å²) in [5.74, 6) is 1.08. The van der Waals surface area contributed by atoms with E-state index in [1.165, 1.54) is 30.4 Å². The van der Waals surface area contributed by atoms with Gasteiger partial charge in [-0.3, -0.25) is 0 Å². The number of rotatable bonds is 5. The molecule has 2 aliphatic rings. The lowest BCUT2D eigenvalue weighted by molar-refractivity contribution is 0.0854. The van der Waals surface area contributed by atoms with Crippen molar-refractivity contribution in [2.75, 3.05) is 20.3 Å². The molecule has 0 bridgehead atoms. The molecule has 19 heavy (non-hydrogen) atoms. The van der Waals surface area contributed by atoms with E-state index in [9.17, 15) is 0 Å². The van der Waals surface area contributed by atoms with Crippen LogP contribution in [0.15, 0.2) is 18.2 Å². The van der Waals surface area contributed by atoms with Crippen LogP contribution < -0.4 is 10.1 Å². The Morgan fingerprint density at radius 2 is 2.32 bits per heavy atom. The molecular weight excluding hydrogens is 238 g/mol. The molecule has 2 atom stereocenters. The molecular formula is C16H23NO2. The summed E-state index contributed by atoms with van der Waals surface area (Å²) in [6, 6.07) is 7.15. The van der Waals surface area contributed by atoms with Gasteiger partial charge < -0.3 is 14.8 Å². The molecule has 1 aromatic rings. The monoisotopic (exact) mass is 261 g/mol. The van der Waals surface area contributed by atoms with Gasteiger partial charge in [-0.05, 0) is 49.4 Å². The lowest BCUT2D eigenvalue weighted by Gasteiger charge is -2.19. The molecule has 3 rings (SSSR count). The summed E-state index contributed by atoms with van der Waals surface area (Å²) in [6.45, 7) is 1.87. The number of ether oxygens (including phenoxy) is 2. The molecule has 1 heterocycles. The van der Waals surface area contributed by atoms with Crippen molar-refractivity contribution in [3.8, 4) is 5.75 Å². The predicted octanol–water partition coefficient (Wildman–Crippen LogP) is 2.32. The zero-order valence-corrected chi connectivity index (χ0v) is 11.7. The normalized spacial score (nSPS) is 25.3. The zero-order valence-electron chi connectivity index (χ0n) is 11.7. The Balaban J connectivity index is 1.50. The first-order valence-electron chi connectivity index (χ1n) is 7.37. The van der Waals surface area contributed by atoms with Crippen LogP contribution in [0.25, 0.3) is 0 Å². The number of fused-ring (bicyclic) bond motifs is 1. The van der Waals surface area contributed by atoms with E-state index in [2.05, 4.69) is 23.5 Å². The molecule has 1 saturated carbocycles. The second kappa shape index (κ2) is 5.93. The van der Waals surface area contributed by atoms with E-state index in [0.29, 0.717) is 12.1 Å². The summed E-state index contributed by atoms with van der Waals surface area (Å²) in [4.78, 5) is 0. The summed E-state index contributed by atoms with van der Waals surface area (Å²) in [5, 5.41) is 3.64. The lowest BCUT2D eigenvalue weighted by Crippen LogP contribution is -2.37. The van der Waals surface area contributed by atoms with Gasteiger partial charge >= 0.3 is 0 Å². The minimum atomic E-state index is 0.411. The molecule has 3 nitrogen and oxygen atoms in total. The SMILES string of the molecule is COC1CCCC1NCCc1ccc2c(c1)CCO2. The van der Waals surface area contributed by atoms with E-state index in [4.69, 9.17) is 9.47 Å². The Labute approximate surface area is 115 Å². The second-order valence-corrected chi connectivity index (χ2v) is 5.56. The van der Waals surface area contributed by atoms with Crippen LogP contribution in [-0.4, -0.2) is 32.4 Å². The van der Waals surface area contributed by atoms with Crippen LogP contribution >= 0.6 is 0 Å². The highest BCUT2D eigenvalue weighted by atomic mass is 16.5. The van der Waals surface area contributed by atoms with Crippen LogP contribution in [0.3, 0.4) is 0 Å². The average molecular weight is 261 g/mol. The van der Waals surface area contributed by atoms with Crippen molar-refractivity contribution in [2.24, 2.45) is 0 Å². The number of benzene rings is 1. The molecule has 0 saturated heterocycles. The summed E-state index contributed by atoms with van der Waals surface area (Å²) in [6.07, 6.45) is 6.28. The fraction of sp³-hybridized carbons (Fsp3) is 0.625. The molecule has 0 aromatic heterocycles. The van der Waals surface area contributed by atoms with Gasteiger partial charge in [0.1, 0.15) is 5.75 Å². The molecule has 3 heteroatoms. The number of hydrogen-bond acceptors (Lipinski definition) is 3. The van der Waals surface area contributed by atoms with Gasteiger partial charge in [0.2, 0.25) is 0 Å². The first kappa shape index (κ1) is 12.9. The van der Waals surface area contributed by atoms with Crippen molar-refractivity contribution in [1.29, 1.82) is 0 Å². The van der Waals surface area contributed by atoms with Crippen LogP contribution in [0.2, 0.25) is 0 Å². The maximum Gasteiger partial charge on any atom is 0.122 e. The molecule has 1 aromatic carbocycles. The quantitative estimate of drug-likeness (QED) is 0.882. The van der Waals surface area contributed by atoms with Gasteiger partial charge in [-0.1, -0.05) is 12.1 Å². The van der Waals surface area contributed by atoms with Crippen LogP contribution in [-0.2, 0) is 17.6 Å². The molecule has 1 aliphatic carbocycles. The Morgan fingerprint density at radius 3 is 3.21 bits per heavy atom. The van der Waals surface area contributed by atoms with Crippen LogP contribution in [0.1, 0.15) is 30.4 Å². The minimum absolute atomic E-state index is 0.411. The second-order valence-electron chi connectivity index (χ2n) is 5.56. The van der Waals surface area contributed by atoms with E-state index >= 15 is 0 Å². The van der Waals surface area contributed by atoms with Gasteiger partial charge in [0, 0.05) is 19.6 Å². The molecule has 1 aliphatic heterocycles. The van der Waals surface area contributed by atoms with Gasteiger partial charge in [0.05, 0.1) is 12.7 Å². The largest absolute Gasteiger partial charge is 0.493 e. The fourth-order valence-electron chi connectivity index (χ4n) is 3.24. The van der Waals surface area contributed by atoms with E-state index in [1.807, 2.05) is 7.11 Å². The van der Waals surface area contributed by atoms with E-state index in [1.54, 1.807) is 0 Å². The van der Waals surface area contributed by atoms with Crippen LogP contribution in [0, 0.1) is 0 Å². The summed E-state index contributed by atoms with van der Waals surface area (Å²) >= 11 is 0. The first-order valence-corrected chi connectivity index (χ1v) is 7.37. The molecule has 0 amide bonds. The van der Waals surface area contributed by atoms with Crippen LogP contribution in [0.5, 0.6) is 5.75 Å². The standard InChI is InChI=1S/C16H23NO2/c1-18-16-4-2-3-14(16)17-9-7-12-5-6-15-13(11-12)8-10-19-15/h5-6,11,14,16-17H,2-4,7-10H2,1H3. The molecule has 1 N–H and O–H groups in total. The molecule has 0 spiro atoms. The number of methoxy groups -OCH3 is 1. The maximum absolute atomic E-state index is 5.54. The Morgan fingerprint density at radius 1 is 1.37 bits per heavy atom. The average Bonchev–Trinajstić information content (AvgIpc) is 3.06. The Hall–Kier alpha value is -1.06. The predicted molar refractivity (Wildman–Crippen MR) is 75.8 cm³/mol. The first-order chi connectivity index (χ1) is 9.36. The fourth-order valence-corrected chi connectivity index (χ4v) is 3.24. The van der Waals surface area contributed by atoms with Gasteiger partial charge in [-0.2, -0.15) is 0 Å². The van der Waals surface area contributed by atoms with Gasteiger partial charge in [0.25, 0.3) is 0 Å². The van der Waals surface area contributed by atoms with Crippen molar-refractivity contribution in [2.45, 2.75) is 44.2 Å². The third kappa shape index (κ3) is 2.93. The topological polar surface area (TPSA) is 30.5 Å². The molecule has 2 unspecified atom stereocenters. The third-order valence-electron chi connectivity index (χ3n) is 4.33. The Kier molecular flexibility index (Phi) is 4.04. The van der Waals surface area contributed by atoms with Crippen molar-refractivity contribution in [3.05, 3.63) is 29.3 Å². The van der Waals surface area contributed by atoms with E-state index in [-0.39, 0.29) is 0 Å². The molecule has 0 radical (unpaired) electrons. The van der Waals surface area contributed by atoms with Crippen molar-refractivity contribution in [1.82, 2.24) is 5.32 Å². The van der Waals surface area contributed by atoms with Gasteiger partial charge in [-0.15, -0.1) is 0 Å². The minimum Gasteiger partial charge on any atom is -0.493 e. The smallest absolute Gasteiger partial charge is 0.122 e. The third-order valence-corrected chi connectivity index (χ3v) is 4.33. The molecule has 1 fully saturated rings. The summed E-state index contributed by atoms with van der Waals surface area (Å²) in [7, 11) is 1.82. The van der Waals surface area contributed by atoms with Crippen LogP contribution in [0.4, 0.5) is 0 Å². The number of nitrogens with one attached hydrogen (secondary N) is 1. The highest BCUT2D eigenvalue weighted by Gasteiger charge is 2.26. The maximum atomic E-state index is 5.54. The zero-order chi connectivity index (χ0) is 13.1. The lowest BCUT2D eigenvalue weighted by atomic mass is 10.1. The van der Waals surface area contributed by atoms with Crippen molar-refractivity contribution in [3.63, 3.8) is 0 Å². The van der Waals surface area contributed by atoms with E-state index in [0.717, 1.165) is 31.7 Å². The van der Waals surface area contributed by atoms with E-state index < -0.39 is 0 Å². The Bertz CT molecular complexity index is 433. The summed E-state index contributed by atoms with van der Waals surface area (Å²) < 4.78 is 11.0. The highest BCUT2D eigenvalue weighted by molar-refractivity contribution is 5.39. The summed E-state index contributed by atoms with van der Waals surface area (Å²) in [5.41, 5.74) is 2.77. The van der Waals surface area contributed by atoms with Crippen molar-refractivity contribution < 1.29 is 9.47 Å². The molecule has 104 valence electrons. The van der Waals surface area contributed by atoms with Gasteiger partial charge in [-0.25, -0.2) is 0 Å². The highest BCUT2D eigenvalue weighted by Crippen LogP contribution is 2.26. The number of hydrogen-bond donors (Lipinski definition) is 1. The van der Waals surface area contributed by atoms with Crippen molar-refractivity contribution >= 4 is 0 Å². The van der Waals surface area contributed by atoms with Gasteiger partial charge in [0.15, 0.2) is 0 Å².